The molecular weight excluding hydrogens is 248 g/mol. The average Bonchev–Trinajstić information content (AvgIpc) is 2.86. The SMILES string of the molecule is C=Nc1[nH]c2ncc(-c3cccnc3)cc2c1/C=C\C. The van der Waals surface area contributed by atoms with Gasteiger partial charge >= 0.3 is 0 Å². The predicted molar refractivity (Wildman–Crippen MR) is 83.2 cm³/mol. The van der Waals surface area contributed by atoms with E-state index in [1.165, 1.54) is 0 Å². The van der Waals surface area contributed by atoms with Crippen molar-refractivity contribution in [2.45, 2.75) is 6.92 Å². The first-order chi connectivity index (χ1) is 9.83. The molecule has 0 bridgehead atoms. The molecule has 3 rings (SSSR count). The van der Waals surface area contributed by atoms with Crippen LogP contribution in [-0.4, -0.2) is 21.7 Å². The van der Waals surface area contributed by atoms with Gasteiger partial charge in [-0.1, -0.05) is 18.2 Å². The highest BCUT2D eigenvalue weighted by molar-refractivity contribution is 5.94. The Labute approximate surface area is 116 Å². The molecule has 98 valence electrons. The first-order valence-corrected chi connectivity index (χ1v) is 6.35. The van der Waals surface area contributed by atoms with E-state index in [4.69, 9.17) is 0 Å². The maximum absolute atomic E-state index is 4.46. The fourth-order valence-corrected chi connectivity index (χ4v) is 2.23. The van der Waals surface area contributed by atoms with E-state index in [1.54, 1.807) is 6.20 Å². The van der Waals surface area contributed by atoms with Crippen LogP contribution in [0.5, 0.6) is 0 Å². The second kappa shape index (κ2) is 5.09. The lowest BCUT2D eigenvalue weighted by atomic mass is 10.1. The van der Waals surface area contributed by atoms with Crippen molar-refractivity contribution < 1.29 is 0 Å². The third kappa shape index (κ3) is 2.01. The quantitative estimate of drug-likeness (QED) is 0.725. The molecule has 3 aromatic heterocycles. The Bertz CT molecular complexity index is 785. The van der Waals surface area contributed by atoms with Crippen LogP contribution in [0.15, 0.2) is 47.9 Å². The van der Waals surface area contributed by atoms with E-state index in [1.807, 2.05) is 43.6 Å². The number of hydrogen-bond donors (Lipinski definition) is 1. The number of pyridine rings is 2. The van der Waals surface area contributed by atoms with Crippen LogP contribution in [0.25, 0.3) is 28.2 Å². The van der Waals surface area contributed by atoms with Gasteiger partial charge in [-0.05, 0) is 25.8 Å². The zero-order chi connectivity index (χ0) is 13.9. The van der Waals surface area contributed by atoms with E-state index in [-0.39, 0.29) is 0 Å². The summed E-state index contributed by atoms with van der Waals surface area (Å²) in [6.07, 6.45) is 9.42. The van der Waals surface area contributed by atoms with Crippen molar-refractivity contribution >= 4 is 29.6 Å². The van der Waals surface area contributed by atoms with E-state index in [0.717, 1.165) is 33.5 Å². The lowest BCUT2D eigenvalue weighted by molar-refractivity contribution is 1.29. The van der Waals surface area contributed by atoms with Crippen molar-refractivity contribution in [1.29, 1.82) is 0 Å². The van der Waals surface area contributed by atoms with Crippen LogP contribution in [0.2, 0.25) is 0 Å². The standard InChI is InChI=1S/C16H14N4/c1-3-5-13-14-8-12(11-6-4-7-18-9-11)10-19-16(14)20-15(13)17-2/h3-10H,2H2,1H3,(H,19,20)/b5-3-. The fraction of sp³-hybridized carbons (Fsp3) is 0.0625. The Balaban J connectivity index is 2.24. The number of aliphatic imine (C=N–C) groups is 1. The number of allylic oxidation sites excluding steroid dienone is 1. The highest BCUT2D eigenvalue weighted by atomic mass is 15.0. The molecule has 0 saturated carbocycles. The zero-order valence-electron chi connectivity index (χ0n) is 11.2. The molecule has 0 aliphatic carbocycles. The molecule has 1 N–H and O–H groups in total. The molecule has 0 aliphatic heterocycles. The summed E-state index contributed by atoms with van der Waals surface area (Å²) in [6.45, 7) is 5.57. The van der Waals surface area contributed by atoms with Crippen LogP contribution in [0.4, 0.5) is 5.82 Å². The highest BCUT2D eigenvalue weighted by Gasteiger charge is 2.10. The minimum Gasteiger partial charge on any atom is -0.324 e. The summed E-state index contributed by atoms with van der Waals surface area (Å²) in [4.78, 5) is 15.8. The summed E-state index contributed by atoms with van der Waals surface area (Å²) in [7, 11) is 0. The van der Waals surface area contributed by atoms with E-state index in [0.29, 0.717) is 0 Å². The monoisotopic (exact) mass is 262 g/mol. The topological polar surface area (TPSA) is 53.9 Å². The van der Waals surface area contributed by atoms with Crippen molar-refractivity contribution in [2.24, 2.45) is 4.99 Å². The van der Waals surface area contributed by atoms with Crippen LogP contribution in [0.1, 0.15) is 12.5 Å². The number of nitrogens with zero attached hydrogens (tertiary/aromatic N) is 3. The molecule has 4 nitrogen and oxygen atoms in total. The normalized spacial score (nSPS) is 11.2. The van der Waals surface area contributed by atoms with Gasteiger partial charge < -0.3 is 4.98 Å². The van der Waals surface area contributed by atoms with Gasteiger partial charge in [0.1, 0.15) is 11.5 Å². The number of aromatic amines is 1. The summed E-state index contributed by atoms with van der Waals surface area (Å²) >= 11 is 0. The highest BCUT2D eigenvalue weighted by Crippen LogP contribution is 2.31. The minimum absolute atomic E-state index is 0.744. The Kier molecular flexibility index (Phi) is 3.13. The molecule has 4 heteroatoms. The molecule has 0 aliphatic rings. The van der Waals surface area contributed by atoms with Gasteiger partial charge in [-0.2, -0.15) is 0 Å². The van der Waals surface area contributed by atoms with E-state index >= 15 is 0 Å². The van der Waals surface area contributed by atoms with Crippen molar-refractivity contribution in [1.82, 2.24) is 15.0 Å². The molecule has 20 heavy (non-hydrogen) atoms. The Morgan fingerprint density at radius 3 is 2.90 bits per heavy atom. The van der Waals surface area contributed by atoms with Crippen molar-refractivity contribution in [3.05, 3.63) is 48.4 Å². The van der Waals surface area contributed by atoms with E-state index in [9.17, 15) is 0 Å². The molecule has 0 radical (unpaired) electrons. The number of aromatic nitrogens is 3. The van der Waals surface area contributed by atoms with E-state index < -0.39 is 0 Å². The summed E-state index contributed by atoms with van der Waals surface area (Å²) < 4.78 is 0. The van der Waals surface area contributed by atoms with Gasteiger partial charge in [-0.25, -0.2) is 9.98 Å². The maximum Gasteiger partial charge on any atom is 0.139 e. The number of H-pyrrole nitrogens is 1. The van der Waals surface area contributed by atoms with Gasteiger partial charge in [0, 0.05) is 40.7 Å². The van der Waals surface area contributed by atoms with E-state index in [2.05, 4.69) is 32.7 Å². The van der Waals surface area contributed by atoms with Crippen molar-refractivity contribution in [2.75, 3.05) is 0 Å². The third-order valence-electron chi connectivity index (χ3n) is 3.16. The lowest BCUT2D eigenvalue weighted by Gasteiger charge is -2.00. The van der Waals surface area contributed by atoms with Gasteiger partial charge in [0.05, 0.1) is 0 Å². The van der Waals surface area contributed by atoms with Crippen molar-refractivity contribution in [3.63, 3.8) is 0 Å². The van der Waals surface area contributed by atoms with Gasteiger partial charge in [-0.15, -0.1) is 0 Å². The smallest absolute Gasteiger partial charge is 0.139 e. The first-order valence-electron chi connectivity index (χ1n) is 6.35. The Morgan fingerprint density at radius 1 is 1.30 bits per heavy atom. The summed E-state index contributed by atoms with van der Waals surface area (Å²) in [5.74, 6) is 0.744. The number of nitrogens with one attached hydrogen (secondary N) is 1. The summed E-state index contributed by atoms with van der Waals surface area (Å²) in [5.41, 5.74) is 3.90. The fourth-order valence-electron chi connectivity index (χ4n) is 2.23. The second-order valence-corrected chi connectivity index (χ2v) is 4.41. The summed E-state index contributed by atoms with van der Waals surface area (Å²) in [5, 5.41) is 1.03. The lowest BCUT2D eigenvalue weighted by Crippen LogP contribution is -1.82. The minimum atomic E-state index is 0.744. The van der Waals surface area contributed by atoms with Crippen LogP contribution in [0, 0.1) is 0 Å². The average molecular weight is 262 g/mol. The molecule has 0 fully saturated rings. The molecule has 3 aromatic rings. The number of rotatable bonds is 3. The van der Waals surface area contributed by atoms with Gasteiger partial charge in [0.25, 0.3) is 0 Å². The molecule has 3 heterocycles. The second-order valence-electron chi connectivity index (χ2n) is 4.41. The molecule has 0 aromatic carbocycles. The van der Waals surface area contributed by atoms with Gasteiger partial charge in [0.2, 0.25) is 0 Å². The molecule has 0 spiro atoms. The largest absolute Gasteiger partial charge is 0.324 e. The third-order valence-corrected chi connectivity index (χ3v) is 3.16. The maximum atomic E-state index is 4.46. The molecule has 0 unspecified atom stereocenters. The predicted octanol–water partition coefficient (Wildman–Crippen LogP) is 3.99. The van der Waals surface area contributed by atoms with Crippen LogP contribution in [0.3, 0.4) is 0 Å². The molecule has 0 amide bonds. The zero-order valence-corrected chi connectivity index (χ0v) is 11.2. The number of fused-ring (bicyclic) bond motifs is 1. The molecule has 0 saturated heterocycles. The van der Waals surface area contributed by atoms with Crippen LogP contribution < -0.4 is 0 Å². The molecular formula is C16H14N4. The molecule has 0 atom stereocenters. The van der Waals surface area contributed by atoms with Crippen LogP contribution >= 0.6 is 0 Å². The Hall–Kier alpha value is -2.75. The number of hydrogen-bond acceptors (Lipinski definition) is 3. The first kappa shape index (κ1) is 12.3. The van der Waals surface area contributed by atoms with Gasteiger partial charge in [0.15, 0.2) is 0 Å². The van der Waals surface area contributed by atoms with Crippen molar-refractivity contribution in [3.8, 4) is 11.1 Å². The summed E-state index contributed by atoms with van der Waals surface area (Å²) in [6, 6.07) is 6.03. The van der Waals surface area contributed by atoms with Gasteiger partial charge in [-0.3, -0.25) is 4.98 Å². The Morgan fingerprint density at radius 2 is 2.20 bits per heavy atom. The van der Waals surface area contributed by atoms with Crippen LogP contribution in [-0.2, 0) is 0 Å².